The molecule has 2 N–H and O–H groups in total. The van der Waals surface area contributed by atoms with Crippen molar-refractivity contribution in [2.24, 2.45) is 0 Å². The molecule has 15 heavy (non-hydrogen) atoms. The maximum atomic E-state index is 10.9. The molecule has 1 aromatic heterocycles. The molecular weight excluding hydrogens is 216 g/mol. The molecule has 1 aliphatic rings. The molecule has 0 amide bonds. The Kier molecular flexibility index (Phi) is 2.76. The van der Waals surface area contributed by atoms with Crippen LogP contribution in [0.25, 0.3) is 0 Å². The number of rotatable bonds is 3. The molecule has 0 saturated heterocycles. The van der Waals surface area contributed by atoms with E-state index in [0.29, 0.717) is 0 Å². The molecule has 0 atom stereocenters. The Morgan fingerprint density at radius 2 is 2.47 bits per heavy atom. The zero-order valence-electron chi connectivity index (χ0n) is 8.52. The molecule has 84 valence electrons. The summed E-state index contributed by atoms with van der Waals surface area (Å²) < 4.78 is 26.3. The van der Waals surface area contributed by atoms with Gasteiger partial charge in [-0.2, -0.15) is 0 Å². The Bertz CT molecular complexity index is 428. The lowest BCUT2D eigenvalue weighted by Gasteiger charge is -2.13. The summed E-state index contributed by atoms with van der Waals surface area (Å²) in [6, 6.07) is 0. The highest BCUT2D eigenvalue weighted by atomic mass is 32.2. The summed E-state index contributed by atoms with van der Waals surface area (Å²) in [5, 5.41) is 3.20. The third kappa shape index (κ3) is 2.77. The molecule has 2 rings (SSSR count). The van der Waals surface area contributed by atoms with Crippen molar-refractivity contribution in [2.45, 2.75) is 19.6 Å². The van der Waals surface area contributed by atoms with Gasteiger partial charge in [-0.05, 0) is 0 Å². The number of nitrogens with one attached hydrogen (secondary N) is 2. The van der Waals surface area contributed by atoms with Gasteiger partial charge in [0, 0.05) is 19.3 Å². The van der Waals surface area contributed by atoms with Crippen molar-refractivity contribution in [3.05, 3.63) is 17.7 Å². The van der Waals surface area contributed by atoms with E-state index in [4.69, 9.17) is 0 Å². The molecule has 1 aromatic rings. The summed E-state index contributed by atoms with van der Waals surface area (Å²) >= 11 is 0. The van der Waals surface area contributed by atoms with E-state index in [-0.39, 0.29) is 6.54 Å². The van der Waals surface area contributed by atoms with Crippen LogP contribution in [0.5, 0.6) is 0 Å². The fourth-order valence-electron chi connectivity index (χ4n) is 1.54. The van der Waals surface area contributed by atoms with E-state index < -0.39 is 10.0 Å². The molecule has 0 bridgehead atoms. The minimum Gasteiger partial charge on any atom is -0.332 e. The van der Waals surface area contributed by atoms with Crippen molar-refractivity contribution in [3.8, 4) is 0 Å². The number of aromatic nitrogens is 2. The molecule has 0 fully saturated rings. The first-order valence-corrected chi connectivity index (χ1v) is 6.64. The highest BCUT2D eigenvalue weighted by Gasteiger charge is 2.12. The topological polar surface area (TPSA) is 76.0 Å². The first-order chi connectivity index (χ1) is 7.04. The zero-order valence-corrected chi connectivity index (χ0v) is 9.34. The van der Waals surface area contributed by atoms with Crippen LogP contribution in [-0.2, 0) is 29.7 Å². The van der Waals surface area contributed by atoms with Crippen LogP contribution in [0.4, 0.5) is 0 Å². The summed E-state index contributed by atoms with van der Waals surface area (Å²) in [6.07, 6.45) is 3.04. The Morgan fingerprint density at radius 1 is 1.67 bits per heavy atom. The van der Waals surface area contributed by atoms with Gasteiger partial charge in [0.15, 0.2) is 0 Å². The maximum absolute atomic E-state index is 10.9. The lowest BCUT2D eigenvalue weighted by molar-refractivity contribution is 0.505. The molecule has 0 radical (unpaired) electrons. The average Bonchev–Trinajstić information content (AvgIpc) is 2.56. The van der Waals surface area contributed by atoms with Gasteiger partial charge in [-0.3, -0.25) is 0 Å². The third-order valence-electron chi connectivity index (χ3n) is 2.24. The van der Waals surface area contributed by atoms with Crippen molar-refractivity contribution in [2.75, 3.05) is 12.8 Å². The van der Waals surface area contributed by atoms with Crippen LogP contribution in [0, 0.1) is 0 Å². The van der Waals surface area contributed by atoms with E-state index in [2.05, 4.69) is 19.6 Å². The van der Waals surface area contributed by atoms with Crippen LogP contribution >= 0.6 is 0 Å². The molecule has 0 spiro atoms. The molecule has 0 saturated carbocycles. The van der Waals surface area contributed by atoms with Crippen molar-refractivity contribution in [3.63, 3.8) is 0 Å². The molecule has 0 unspecified atom stereocenters. The molecule has 2 heterocycles. The van der Waals surface area contributed by atoms with Gasteiger partial charge in [0.05, 0.1) is 25.0 Å². The quantitative estimate of drug-likeness (QED) is 0.701. The molecular formula is C8H14N4O2S. The van der Waals surface area contributed by atoms with Gasteiger partial charge in [-0.15, -0.1) is 0 Å². The van der Waals surface area contributed by atoms with Gasteiger partial charge in [-0.1, -0.05) is 0 Å². The first-order valence-electron chi connectivity index (χ1n) is 4.75. The Hall–Kier alpha value is -0.920. The fraction of sp³-hybridized carbons (Fsp3) is 0.625. The Morgan fingerprint density at radius 3 is 3.13 bits per heavy atom. The largest absolute Gasteiger partial charge is 0.332 e. The van der Waals surface area contributed by atoms with Gasteiger partial charge in [0.25, 0.3) is 0 Å². The summed E-state index contributed by atoms with van der Waals surface area (Å²) in [5.74, 6) is 0.964. The van der Waals surface area contributed by atoms with E-state index in [1.165, 1.54) is 0 Å². The molecule has 7 heteroatoms. The summed E-state index contributed by atoms with van der Waals surface area (Å²) in [7, 11) is -3.14. The Balaban J connectivity index is 2.07. The summed E-state index contributed by atoms with van der Waals surface area (Å²) in [4.78, 5) is 4.33. The number of imidazole rings is 1. The SMILES string of the molecule is CS(=O)(=O)NCc1cn2c(n1)CNCC2. The molecule has 6 nitrogen and oxygen atoms in total. The highest BCUT2D eigenvalue weighted by molar-refractivity contribution is 7.88. The van der Waals surface area contributed by atoms with E-state index in [1.54, 1.807) is 0 Å². The number of fused-ring (bicyclic) bond motifs is 1. The maximum Gasteiger partial charge on any atom is 0.209 e. The predicted octanol–water partition coefficient (Wildman–Crippen LogP) is -0.964. The minimum absolute atomic E-state index is 0.263. The average molecular weight is 230 g/mol. The van der Waals surface area contributed by atoms with Crippen LogP contribution in [0.2, 0.25) is 0 Å². The van der Waals surface area contributed by atoms with Crippen LogP contribution in [0.1, 0.15) is 11.5 Å². The normalized spacial score (nSPS) is 16.3. The van der Waals surface area contributed by atoms with E-state index in [1.807, 2.05) is 6.20 Å². The molecule has 0 aromatic carbocycles. The van der Waals surface area contributed by atoms with E-state index >= 15 is 0 Å². The third-order valence-corrected chi connectivity index (χ3v) is 2.91. The number of nitrogens with zero attached hydrogens (tertiary/aromatic N) is 2. The van der Waals surface area contributed by atoms with E-state index in [9.17, 15) is 8.42 Å². The van der Waals surface area contributed by atoms with Crippen LogP contribution < -0.4 is 10.0 Å². The van der Waals surface area contributed by atoms with Crippen LogP contribution in [-0.4, -0.2) is 30.8 Å². The van der Waals surface area contributed by atoms with Crippen molar-refractivity contribution in [1.82, 2.24) is 19.6 Å². The minimum atomic E-state index is -3.14. The predicted molar refractivity (Wildman–Crippen MR) is 55.6 cm³/mol. The fourth-order valence-corrected chi connectivity index (χ4v) is 1.95. The summed E-state index contributed by atoms with van der Waals surface area (Å²) in [6.45, 7) is 2.83. The van der Waals surface area contributed by atoms with Gasteiger partial charge in [-0.25, -0.2) is 18.1 Å². The zero-order chi connectivity index (χ0) is 10.9. The first kappa shape index (κ1) is 10.6. The lowest BCUT2D eigenvalue weighted by Crippen LogP contribution is -2.27. The van der Waals surface area contributed by atoms with Crippen molar-refractivity contribution < 1.29 is 8.42 Å². The Labute approximate surface area is 88.7 Å². The number of hydrogen-bond donors (Lipinski definition) is 2. The van der Waals surface area contributed by atoms with Crippen LogP contribution in [0.3, 0.4) is 0 Å². The number of sulfonamides is 1. The molecule has 0 aliphatic carbocycles. The lowest BCUT2D eigenvalue weighted by atomic mass is 10.4. The molecule has 1 aliphatic heterocycles. The van der Waals surface area contributed by atoms with Gasteiger partial charge in [0.2, 0.25) is 10.0 Å². The highest BCUT2D eigenvalue weighted by Crippen LogP contribution is 2.06. The van der Waals surface area contributed by atoms with Gasteiger partial charge in [0.1, 0.15) is 5.82 Å². The smallest absolute Gasteiger partial charge is 0.209 e. The summed E-state index contributed by atoms with van der Waals surface area (Å²) in [5.41, 5.74) is 0.763. The monoisotopic (exact) mass is 230 g/mol. The second-order valence-electron chi connectivity index (χ2n) is 3.61. The second kappa shape index (κ2) is 3.92. The standard InChI is InChI=1S/C8H14N4O2S/c1-15(13,14)10-4-7-6-12-3-2-9-5-8(12)11-7/h6,9-10H,2-5H2,1H3. The number of hydrogen-bond acceptors (Lipinski definition) is 4. The second-order valence-corrected chi connectivity index (χ2v) is 5.44. The van der Waals surface area contributed by atoms with Gasteiger partial charge >= 0.3 is 0 Å². The van der Waals surface area contributed by atoms with E-state index in [0.717, 1.165) is 37.4 Å². The van der Waals surface area contributed by atoms with Crippen LogP contribution in [0.15, 0.2) is 6.20 Å². The van der Waals surface area contributed by atoms with Gasteiger partial charge < -0.3 is 9.88 Å². The van der Waals surface area contributed by atoms with Crippen molar-refractivity contribution in [1.29, 1.82) is 0 Å². The van der Waals surface area contributed by atoms with Crippen molar-refractivity contribution >= 4 is 10.0 Å².